The van der Waals surface area contributed by atoms with Crippen molar-refractivity contribution < 1.29 is 32.5 Å². The maximum Gasteiger partial charge on any atom is 0.257 e. The summed E-state index contributed by atoms with van der Waals surface area (Å²) in [6, 6.07) is 15.3. The van der Waals surface area contributed by atoms with Gasteiger partial charge in [0, 0.05) is 31.3 Å². The van der Waals surface area contributed by atoms with Gasteiger partial charge in [0.15, 0.2) is 0 Å². The Kier molecular flexibility index (Phi) is 10.2. The predicted molar refractivity (Wildman–Crippen MR) is 171 cm³/mol. The largest absolute Gasteiger partial charge is 0.733 e. The Bertz CT molecular complexity index is 1810. The summed E-state index contributed by atoms with van der Waals surface area (Å²) in [6.45, 7) is 1.94. The number of benzene rings is 3. The van der Waals surface area contributed by atoms with E-state index in [1.807, 2.05) is 0 Å². The Balaban J connectivity index is 1.44. The molecule has 4 rings (SSSR count). The van der Waals surface area contributed by atoms with Gasteiger partial charge in [-0.25, -0.2) is 8.42 Å². The topological polar surface area (TPSA) is 189 Å². The predicted octanol–water partition coefficient (Wildman–Crippen LogP) is 4.50. The number of aromatic nitrogens is 1. The number of para-hydroxylation sites is 1. The fourth-order valence-electron chi connectivity index (χ4n) is 4.29. The van der Waals surface area contributed by atoms with Crippen molar-refractivity contribution in [2.24, 2.45) is 0 Å². The van der Waals surface area contributed by atoms with Crippen LogP contribution < -0.4 is 30.2 Å². The smallest absolute Gasteiger partial charge is 0.257 e. The first-order valence-corrected chi connectivity index (χ1v) is 15.5. The van der Waals surface area contributed by atoms with Gasteiger partial charge in [0.2, 0.25) is 10.0 Å². The van der Waals surface area contributed by atoms with E-state index in [1.54, 1.807) is 31.2 Å². The number of sulfonamides is 1. The zero-order chi connectivity index (χ0) is 32.9. The van der Waals surface area contributed by atoms with Gasteiger partial charge in [-0.1, -0.05) is 28.9 Å². The molecule has 2 amide bonds. The zero-order valence-corrected chi connectivity index (χ0v) is 26.2. The summed E-state index contributed by atoms with van der Waals surface area (Å²) in [5.74, 6) is -0.216. The monoisotopic (exact) mass is 657 g/mol. The number of nitrogens with zero attached hydrogens (tertiary/aromatic N) is 3. The molecule has 0 radical (unpaired) electrons. The van der Waals surface area contributed by atoms with Crippen LogP contribution in [0.1, 0.15) is 26.5 Å². The quantitative estimate of drug-likeness (QED) is 0.124. The Hall–Kier alpha value is -4.83. The van der Waals surface area contributed by atoms with Gasteiger partial charge >= 0.3 is 0 Å². The van der Waals surface area contributed by atoms with E-state index >= 15 is 0 Å². The van der Waals surface area contributed by atoms with Crippen molar-refractivity contribution >= 4 is 56.2 Å². The average Bonchev–Trinajstić information content (AvgIpc) is 3.40. The minimum absolute atomic E-state index is 0.0609. The summed E-state index contributed by atoms with van der Waals surface area (Å²) in [7, 11) is -0.602. The lowest BCUT2D eigenvalue weighted by Gasteiger charge is -2.26. The number of ether oxygens (including phenoxy) is 1. The first-order valence-electron chi connectivity index (χ1n) is 13.3. The standard InChI is InChI=1S/C29H30ClN6O8S/c1-17-26(27(34-44-17)20-7-5-6-8-25(20)43-3)29(38)32-14-13-31-22-16-23(24(36(39)40)15-21(22)30)33-28(37)18-9-11-19(12-10-18)35(2)45(4,41)42/h5-12,15-16,31,39H,13-14H2,1-4H3,(H,32,38)(H,33,37)/q-1. The van der Waals surface area contributed by atoms with Gasteiger partial charge in [-0.05, 0) is 55.5 Å². The first-order chi connectivity index (χ1) is 21.3. The fraction of sp³-hybridized carbons (Fsp3) is 0.207. The Morgan fingerprint density at radius 2 is 1.76 bits per heavy atom. The van der Waals surface area contributed by atoms with Crippen LogP contribution >= 0.6 is 11.6 Å². The van der Waals surface area contributed by atoms with Gasteiger partial charge in [-0.3, -0.25) is 19.1 Å². The van der Waals surface area contributed by atoms with Crippen LogP contribution in [0.4, 0.5) is 22.7 Å². The zero-order valence-electron chi connectivity index (χ0n) is 24.6. The van der Waals surface area contributed by atoms with Crippen molar-refractivity contribution in [1.29, 1.82) is 0 Å². The average molecular weight is 658 g/mol. The van der Waals surface area contributed by atoms with Crippen molar-refractivity contribution in [3.8, 4) is 17.0 Å². The second kappa shape index (κ2) is 13.9. The minimum Gasteiger partial charge on any atom is -0.733 e. The summed E-state index contributed by atoms with van der Waals surface area (Å²) in [4.78, 5) is 26.0. The summed E-state index contributed by atoms with van der Waals surface area (Å²) >= 11 is 6.32. The van der Waals surface area contributed by atoms with Crippen molar-refractivity contribution in [2.75, 3.05) is 53.7 Å². The van der Waals surface area contributed by atoms with Crippen molar-refractivity contribution in [2.45, 2.75) is 6.92 Å². The number of carbonyl (C=O) groups is 2. The molecule has 0 saturated carbocycles. The molecule has 0 atom stereocenters. The van der Waals surface area contributed by atoms with Gasteiger partial charge < -0.3 is 35.6 Å². The molecular weight excluding hydrogens is 628 g/mol. The number of amides is 2. The summed E-state index contributed by atoms with van der Waals surface area (Å²) in [5.41, 5.74) is 1.59. The molecule has 3 aromatic carbocycles. The van der Waals surface area contributed by atoms with Crippen LogP contribution in [0.2, 0.25) is 5.02 Å². The van der Waals surface area contributed by atoms with Gasteiger partial charge in [-0.2, -0.15) is 0 Å². The number of anilines is 4. The molecule has 14 nitrogen and oxygen atoms in total. The number of methoxy groups -OCH3 is 1. The summed E-state index contributed by atoms with van der Waals surface area (Å²) in [5, 5.41) is 33.5. The molecule has 0 saturated heterocycles. The van der Waals surface area contributed by atoms with E-state index in [4.69, 9.17) is 20.9 Å². The molecule has 0 aliphatic rings. The van der Waals surface area contributed by atoms with Crippen LogP contribution in [0.5, 0.6) is 5.75 Å². The molecule has 4 aromatic rings. The lowest BCUT2D eigenvalue weighted by Crippen LogP contribution is -2.29. The molecule has 4 N–H and O–H groups in total. The number of carbonyl (C=O) groups excluding carboxylic acids is 2. The molecule has 1 aromatic heterocycles. The lowest BCUT2D eigenvalue weighted by atomic mass is 10.0. The van der Waals surface area contributed by atoms with E-state index < -0.39 is 27.1 Å². The van der Waals surface area contributed by atoms with Crippen LogP contribution in [-0.4, -0.2) is 64.1 Å². The second-order valence-corrected chi connectivity index (χ2v) is 12.1. The number of rotatable bonds is 12. The third-order valence-corrected chi connectivity index (χ3v) is 8.23. The molecule has 0 fully saturated rings. The van der Waals surface area contributed by atoms with E-state index in [0.29, 0.717) is 34.1 Å². The molecule has 238 valence electrons. The van der Waals surface area contributed by atoms with E-state index in [1.165, 1.54) is 44.5 Å². The third kappa shape index (κ3) is 7.64. The van der Waals surface area contributed by atoms with Crippen LogP contribution in [0, 0.1) is 12.1 Å². The van der Waals surface area contributed by atoms with E-state index in [9.17, 15) is 28.4 Å². The van der Waals surface area contributed by atoms with Crippen molar-refractivity contribution in [3.05, 3.63) is 87.8 Å². The Morgan fingerprint density at radius 1 is 1.07 bits per heavy atom. The van der Waals surface area contributed by atoms with Gasteiger partial charge in [0.1, 0.15) is 22.8 Å². The molecular formula is C29H30ClN6O8S-. The second-order valence-electron chi connectivity index (χ2n) is 9.70. The molecule has 16 heteroatoms. The maximum absolute atomic E-state index is 13.1. The van der Waals surface area contributed by atoms with E-state index in [-0.39, 0.29) is 40.6 Å². The molecule has 0 aliphatic carbocycles. The highest BCUT2D eigenvalue weighted by Gasteiger charge is 2.23. The lowest BCUT2D eigenvalue weighted by molar-refractivity contribution is 0.0953. The number of aryl methyl sites for hydroxylation is 1. The Labute approximate surface area is 264 Å². The molecule has 1 heterocycles. The summed E-state index contributed by atoms with van der Waals surface area (Å²) < 4.78 is 35.3. The van der Waals surface area contributed by atoms with Gasteiger partial charge in [-0.15, -0.1) is 0 Å². The SMILES string of the molecule is COc1ccccc1-c1noc(C)c1C(=O)NCCNc1cc(NC(=O)c2ccc(N(C)S(C)(=O)=O)cc2)c(N([O-])O)cc1Cl. The first kappa shape index (κ1) is 33.1. The number of nitrogens with one attached hydrogen (secondary N) is 3. The highest BCUT2D eigenvalue weighted by atomic mass is 35.5. The van der Waals surface area contributed by atoms with Crippen molar-refractivity contribution in [3.63, 3.8) is 0 Å². The van der Waals surface area contributed by atoms with Crippen molar-refractivity contribution in [1.82, 2.24) is 10.5 Å². The summed E-state index contributed by atoms with van der Waals surface area (Å²) in [6.07, 6.45) is 1.05. The fourth-order valence-corrected chi connectivity index (χ4v) is 5.02. The van der Waals surface area contributed by atoms with Crippen LogP contribution in [0.3, 0.4) is 0 Å². The molecule has 45 heavy (non-hydrogen) atoms. The highest BCUT2D eigenvalue weighted by molar-refractivity contribution is 7.92. The van der Waals surface area contributed by atoms with Crippen LogP contribution in [-0.2, 0) is 10.0 Å². The normalized spacial score (nSPS) is 11.1. The maximum atomic E-state index is 13.1. The molecule has 0 bridgehead atoms. The van der Waals surface area contributed by atoms with Crippen LogP contribution in [0.15, 0.2) is 65.2 Å². The molecule has 0 unspecified atom stereocenters. The number of hydrogen-bond donors (Lipinski definition) is 4. The van der Waals surface area contributed by atoms with Crippen LogP contribution in [0.25, 0.3) is 11.3 Å². The van der Waals surface area contributed by atoms with E-state index in [2.05, 4.69) is 21.1 Å². The molecule has 0 aliphatic heterocycles. The number of halogens is 1. The highest BCUT2D eigenvalue weighted by Crippen LogP contribution is 2.35. The number of hydrogen-bond acceptors (Lipinski definition) is 11. The van der Waals surface area contributed by atoms with Gasteiger partial charge in [0.05, 0.1) is 41.1 Å². The third-order valence-electron chi connectivity index (χ3n) is 6.71. The molecule has 0 spiro atoms. The van der Waals surface area contributed by atoms with Gasteiger partial charge in [0.25, 0.3) is 11.8 Å². The minimum atomic E-state index is -3.50. The van der Waals surface area contributed by atoms with E-state index in [0.717, 1.165) is 16.6 Å². The Morgan fingerprint density at radius 3 is 2.40 bits per heavy atom.